The number of aliphatic hydroxyl groups is 7. The van der Waals surface area contributed by atoms with Gasteiger partial charge in [0.05, 0.1) is 19.8 Å². The Balaban J connectivity index is 1.81. The van der Waals surface area contributed by atoms with Crippen molar-refractivity contribution in [1.29, 1.82) is 0 Å². The third kappa shape index (κ3) is 26.7. The second kappa shape index (κ2) is 38.8. The van der Waals surface area contributed by atoms with Crippen molar-refractivity contribution in [2.45, 2.75) is 261 Å². The summed E-state index contributed by atoms with van der Waals surface area (Å²) in [7, 11) is 0. The Labute approximate surface area is 396 Å². The van der Waals surface area contributed by atoms with Crippen molar-refractivity contribution in [2.75, 3.05) is 26.4 Å². The molecule has 66 heavy (non-hydrogen) atoms. The molecule has 0 aliphatic carbocycles. The summed E-state index contributed by atoms with van der Waals surface area (Å²) in [4.78, 5) is 25.7. The second-order valence-electron chi connectivity index (χ2n) is 18.4. The van der Waals surface area contributed by atoms with Crippen molar-refractivity contribution < 1.29 is 73.8 Å². The largest absolute Gasteiger partial charge is 0.462 e. The number of carbonyl (C=O) groups excluding carboxylic acids is 2. The van der Waals surface area contributed by atoms with Crippen LogP contribution in [0.3, 0.4) is 0 Å². The zero-order valence-corrected chi connectivity index (χ0v) is 40.5. The molecule has 2 rings (SSSR count). The molecule has 0 radical (unpaired) electrons. The van der Waals surface area contributed by atoms with Crippen LogP contribution in [0.5, 0.6) is 0 Å². The number of rotatable bonds is 41. The standard InChI is InChI=1S/C51H92O15/c1-3-5-7-9-11-13-15-17-19-21-23-25-27-29-31-33-42(53)61-36-39(64-43(54)34-32-30-28-26-24-22-20-18-16-14-12-10-8-6-4-2)37-62-50-49(60)47(58)45(56)41(66-50)38-63-51-48(59)46(57)44(55)40(35-52)65-51/h4,21,23,39-41,44-52,55-60H,2-3,5-20,22,24-38H2,1H3/b23-21+/t39-,40-,41-,44+,45+,46?,47?,48?,49?,50-,51-/m1/s1. The van der Waals surface area contributed by atoms with Gasteiger partial charge < -0.3 is 64.2 Å². The molecule has 0 spiro atoms. The molecule has 4 unspecified atom stereocenters. The molecule has 0 aromatic rings. The highest BCUT2D eigenvalue weighted by Gasteiger charge is 2.47. The number of allylic oxidation sites excluding steroid dienone is 3. The highest BCUT2D eigenvalue weighted by Crippen LogP contribution is 2.26. The molecule has 15 heteroatoms. The molecule has 0 aromatic carbocycles. The van der Waals surface area contributed by atoms with Crippen molar-refractivity contribution in [3.8, 4) is 0 Å². The van der Waals surface area contributed by atoms with Gasteiger partial charge in [-0.2, -0.15) is 0 Å². The van der Waals surface area contributed by atoms with E-state index in [2.05, 4.69) is 25.7 Å². The molecule has 386 valence electrons. The van der Waals surface area contributed by atoms with Gasteiger partial charge >= 0.3 is 11.9 Å². The molecule has 15 nitrogen and oxygen atoms in total. The average molecular weight is 945 g/mol. The van der Waals surface area contributed by atoms with E-state index in [0.29, 0.717) is 12.8 Å². The van der Waals surface area contributed by atoms with E-state index in [1.807, 2.05) is 6.08 Å². The summed E-state index contributed by atoms with van der Waals surface area (Å²) in [5, 5.41) is 72.0. The number of esters is 2. The predicted molar refractivity (Wildman–Crippen MR) is 252 cm³/mol. The van der Waals surface area contributed by atoms with Crippen LogP contribution < -0.4 is 0 Å². The molecule has 11 atom stereocenters. The smallest absolute Gasteiger partial charge is 0.306 e. The number of carbonyl (C=O) groups is 2. The minimum absolute atomic E-state index is 0.162. The topological polar surface area (TPSA) is 231 Å². The third-order valence-corrected chi connectivity index (χ3v) is 12.5. The summed E-state index contributed by atoms with van der Waals surface area (Å²) < 4.78 is 33.6. The Morgan fingerprint density at radius 1 is 0.515 bits per heavy atom. The molecule has 2 aliphatic heterocycles. The van der Waals surface area contributed by atoms with Gasteiger partial charge in [-0.15, -0.1) is 6.58 Å². The van der Waals surface area contributed by atoms with Gasteiger partial charge in [0.1, 0.15) is 55.4 Å². The van der Waals surface area contributed by atoms with E-state index in [1.165, 1.54) is 109 Å². The fourth-order valence-corrected chi connectivity index (χ4v) is 8.25. The average Bonchev–Trinajstić information content (AvgIpc) is 3.31. The molecular formula is C51H92O15. The number of unbranched alkanes of at least 4 members (excludes halogenated alkanes) is 24. The Bertz CT molecular complexity index is 1240. The van der Waals surface area contributed by atoms with Gasteiger partial charge in [-0.25, -0.2) is 0 Å². The lowest BCUT2D eigenvalue weighted by molar-refractivity contribution is -0.332. The summed E-state index contributed by atoms with van der Waals surface area (Å²) in [6.45, 7) is 4.12. The second-order valence-corrected chi connectivity index (χ2v) is 18.4. The number of hydrogen-bond donors (Lipinski definition) is 7. The maximum atomic E-state index is 13.0. The molecule has 0 saturated carbocycles. The maximum Gasteiger partial charge on any atom is 0.306 e. The maximum absolute atomic E-state index is 13.0. The van der Waals surface area contributed by atoms with Gasteiger partial charge in [-0.3, -0.25) is 9.59 Å². The van der Waals surface area contributed by atoms with Crippen LogP contribution in [0.15, 0.2) is 24.8 Å². The molecule has 2 saturated heterocycles. The van der Waals surface area contributed by atoms with Crippen molar-refractivity contribution in [1.82, 2.24) is 0 Å². The zero-order chi connectivity index (χ0) is 48.2. The van der Waals surface area contributed by atoms with Crippen LogP contribution in [0.25, 0.3) is 0 Å². The molecule has 0 aromatic heterocycles. The van der Waals surface area contributed by atoms with Crippen LogP contribution in [0.4, 0.5) is 0 Å². The fourth-order valence-electron chi connectivity index (χ4n) is 8.25. The first kappa shape index (κ1) is 60.1. The van der Waals surface area contributed by atoms with Crippen molar-refractivity contribution in [2.24, 2.45) is 0 Å². The SMILES string of the molecule is C=CCCCCCCCCCCCCCCCC(=O)O[C@H](COC(=O)CCCCC/C=C/CCCCCCCCCC)CO[C@@H]1O[C@H](CO[C@@H]2O[C@H](CO)[C@H](O)C(O)C2O)[C@H](O)C(O)C1O. The summed E-state index contributed by atoms with van der Waals surface area (Å²) in [5.41, 5.74) is 0. The minimum atomic E-state index is -1.76. The highest BCUT2D eigenvalue weighted by molar-refractivity contribution is 5.70. The molecule has 0 bridgehead atoms. The minimum Gasteiger partial charge on any atom is -0.462 e. The van der Waals surface area contributed by atoms with Gasteiger partial charge in [0.15, 0.2) is 18.7 Å². The van der Waals surface area contributed by atoms with Gasteiger partial charge in [0, 0.05) is 12.8 Å². The zero-order valence-electron chi connectivity index (χ0n) is 40.5. The molecule has 2 heterocycles. The Morgan fingerprint density at radius 2 is 0.939 bits per heavy atom. The van der Waals surface area contributed by atoms with Crippen LogP contribution in [-0.2, 0) is 38.0 Å². The van der Waals surface area contributed by atoms with E-state index >= 15 is 0 Å². The van der Waals surface area contributed by atoms with Gasteiger partial charge in [0.2, 0.25) is 0 Å². The monoisotopic (exact) mass is 945 g/mol. The molecule has 2 fully saturated rings. The lowest BCUT2D eigenvalue weighted by atomic mass is 9.98. The third-order valence-electron chi connectivity index (χ3n) is 12.5. The van der Waals surface area contributed by atoms with Crippen molar-refractivity contribution >= 4 is 11.9 Å². The number of aliphatic hydroxyl groups excluding tert-OH is 7. The first-order valence-electron chi connectivity index (χ1n) is 25.9. The van der Waals surface area contributed by atoms with Crippen LogP contribution >= 0.6 is 0 Å². The lowest BCUT2D eigenvalue weighted by Gasteiger charge is -2.42. The summed E-state index contributed by atoms with van der Waals surface area (Å²) >= 11 is 0. The van der Waals surface area contributed by atoms with E-state index in [9.17, 15) is 45.3 Å². The number of hydrogen-bond acceptors (Lipinski definition) is 15. The van der Waals surface area contributed by atoms with Crippen LogP contribution in [0, 0.1) is 0 Å². The number of ether oxygens (including phenoxy) is 6. The van der Waals surface area contributed by atoms with E-state index < -0.39 is 92.7 Å². The molecule has 0 amide bonds. The van der Waals surface area contributed by atoms with E-state index in [4.69, 9.17) is 28.4 Å². The fraction of sp³-hybridized carbons (Fsp3) is 0.882. The van der Waals surface area contributed by atoms with Crippen LogP contribution in [-0.4, -0.2) is 142 Å². The highest BCUT2D eigenvalue weighted by atomic mass is 16.7. The predicted octanol–water partition coefficient (Wildman–Crippen LogP) is 7.16. The van der Waals surface area contributed by atoms with E-state index in [0.717, 1.165) is 51.4 Å². The Kier molecular flexibility index (Phi) is 35.3. The van der Waals surface area contributed by atoms with Crippen LogP contribution in [0.1, 0.15) is 193 Å². The Morgan fingerprint density at radius 3 is 1.45 bits per heavy atom. The van der Waals surface area contributed by atoms with Gasteiger partial charge in [-0.1, -0.05) is 147 Å². The van der Waals surface area contributed by atoms with E-state index in [1.54, 1.807) is 0 Å². The van der Waals surface area contributed by atoms with E-state index in [-0.39, 0.29) is 26.1 Å². The first-order valence-corrected chi connectivity index (χ1v) is 25.9. The molecule has 2 aliphatic rings. The van der Waals surface area contributed by atoms with Crippen molar-refractivity contribution in [3.05, 3.63) is 24.8 Å². The quantitative estimate of drug-likeness (QED) is 0.0183. The summed E-state index contributed by atoms with van der Waals surface area (Å²) in [6, 6.07) is 0. The van der Waals surface area contributed by atoms with Crippen molar-refractivity contribution in [3.63, 3.8) is 0 Å². The first-order chi connectivity index (χ1) is 32.0. The lowest BCUT2D eigenvalue weighted by Crippen LogP contribution is -2.61. The van der Waals surface area contributed by atoms with Gasteiger partial charge in [0.25, 0.3) is 0 Å². The summed E-state index contributed by atoms with van der Waals surface area (Å²) in [6.07, 6.45) is 21.0. The summed E-state index contributed by atoms with van der Waals surface area (Å²) in [5.74, 6) is -0.940. The molecule has 7 N–H and O–H groups in total. The Hall–Kier alpha value is -2.02. The van der Waals surface area contributed by atoms with Gasteiger partial charge in [-0.05, 0) is 51.4 Å². The van der Waals surface area contributed by atoms with Crippen LogP contribution in [0.2, 0.25) is 0 Å². The molecular weight excluding hydrogens is 853 g/mol. The normalized spacial score (nSPS) is 26.1.